The highest BCUT2D eigenvalue weighted by atomic mass is 35.5. The van der Waals surface area contributed by atoms with Gasteiger partial charge in [-0.15, -0.1) is 3.82 Å². The molecule has 5 nitrogen and oxygen atoms in total. The Labute approximate surface area is 147 Å². The van der Waals surface area contributed by atoms with E-state index in [9.17, 15) is 13.2 Å². The topological polar surface area (TPSA) is 63.7 Å². The first kappa shape index (κ1) is 18.3. The molecule has 1 amide bonds. The summed E-state index contributed by atoms with van der Waals surface area (Å²) in [5, 5.41) is 0. The Morgan fingerprint density at radius 2 is 1.58 bits per heavy atom. The SMILES string of the molecule is CCc1ccc(OCc2ccc(C(=O)N(Cl)S(C)(=O)=O)cc2)cc1. The monoisotopic (exact) mass is 367 g/mol. The van der Waals surface area contributed by atoms with E-state index in [0.717, 1.165) is 24.0 Å². The van der Waals surface area contributed by atoms with Gasteiger partial charge in [-0.05, 0) is 41.8 Å². The number of aryl methyl sites for hydroxylation is 1. The molecule has 0 radical (unpaired) electrons. The Kier molecular flexibility index (Phi) is 5.85. The van der Waals surface area contributed by atoms with Crippen molar-refractivity contribution in [3.63, 3.8) is 0 Å². The molecule has 0 bridgehead atoms. The van der Waals surface area contributed by atoms with Crippen LogP contribution in [0.1, 0.15) is 28.4 Å². The summed E-state index contributed by atoms with van der Waals surface area (Å²) < 4.78 is 28.4. The van der Waals surface area contributed by atoms with E-state index in [4.69, 9.17) is 16.5 Å². The second-order valence-electron chi connectivity index (χ2n) is 5.27. The maximum absolute atomic E-state index is 11.9. The maximum Gasteiger partial charge on any atom is 0.282 e. The predicted molar refractivity (Wildman–Crippen MR) is 93.5 cm³/mol. The number of benzene rings is 2. The minimum Gasteiger partial charge on any atom is -0.489 e. The van der Waals surface area contributed by atoms with Crippen LogP contribution in [-0.4, -0.2) is 24.4 Å². The number of amides is 1. The molecular formula is C17H18ClNO4S. The van der Waals surface area contributed by atoms with E-state index >= 15 is 0 Å². The highest BCUT2D eigenvalue weighted by molar-refractivity contribution is 7.89. The molecule has 0 N–H and O–H groups in total. The fourth-order valence-electron chi connectivity index (χ4n) is 1.98. The second kappa shape index (κ2) is 7.68. The lowest BCUT2D eigenvalue weighted by atomic mass is 10.1. The number of nitrogens with zero attached hydrogens (tertiary/aromatic N) is 1. The van der Waals surface area contributed by atoms with Gasteiger partial charge >= 0.3 is 0 Å². The van der Waals surface area contributed by atoms with Crippen molar-refractivity contribution < 1.29 is 17.9 Å². The van der Waals surface area contributed by atoms with Crippen LogP contribution in [0, 0.1) is 0 Å². The number of sulfonamides is 1. The Hall–Kier alpha value is -2.05. The van der Waals surface area contributed by atoms with Gasteiger partial charge in [0.1, 0.15) is 12.4 Å². The van der Waals surface area contributed by atoms with Crippen LogP contribution in [0.3, 0.4) is 0 Å². The van der Waals surface area contributed by atoms with Crippen LogP contribution in [0.4, 0.5) is 0 Å². The number of ether oxygens (including phenoxy) is 1. The number of hydrogen-bond acceptors (Lipinski definition) is 4. The van der Waals surface area contributed by atoms with Gasteiger partial charge < -0.3 is 4.74 Å². The highest BCUT2D eigenvalue weighted by Crippen LogP contribution is 2.16. The van der Waals surface area contributed by atoms with E-state index in [1.165, 1.54) is 17.7 Å². The molecule has 0 aliphatic rings. The van der Waals surface area contributed by atoms with Gasteiger partial charge in [0.25, 0.3) is 5.91 Å². The van der Waals surface area contributed by atoms with Crippen LogP contribution >= 0.6 is 11.8 Å². The molecule has 0 aliphatic heterocycles. The average molecular weight is 368 g/mol. The summed E-state index contributed by atoms with van der Waals surface area (Å²) in [4.78, 5) is 11.9. The molecule has 0 heterocycles. The van der Waals surface area contributed by atoms with E-state index in [2.05, 4.69) is 6.92 Å². The molecular weight excluding hydrogens is 350 g/mol. The molecule has 2 rings (SSSR count). The summed E-state index contributed by atoms with van der Waals surface area (Å²) in [5.74, 6) is -0.0295. The van der Waals surface area contributed by atoms with Gasteiger partial charge in [-0.25, -0.2) is 8.42 Å². The number of rotatable bonds is 6. The summed E-state index contributed by atoms with van der Waals surface area (Å²) >= 11 is 5.52. The van der Waals surface area contributed by atoms with Crippen molar-refractivity contribution in [1.29, 1.82) is 0 Å². The van der Waals surface area contributed by atoms with Crippen LogP contribution in [-0.2, 0) is 23.1 Å². The Bertz CT molecular complexity index is 801. The van der Waals surface area contributed by atoms with E-state index in [0.29, 0.717) is 6.61 Å². The number of carbonyl (C=O) groups is 1. The first-order valence-corrected chi connectivity index (χ1v) is 9.51. The number of carbonyl (C=O) groups excluding carboxylic acids is 1. The number of halogens is 1. The second-order valence-corrected chi connectivity index (χ2v) is 7.64. The van der Waals surface area contributed by atoms with Crippen LogP contribution in [0.2, 0.25) is 0 Å². The fraction of sp³-hybridized carbons (Fsp3) is 0.235. The van der Waals surface area contributed by atoms with Gasteiger partial charge in [-0.2, -0.15) is 0 Å². The highest BCUT2D eigenvalue weighted by Gasteiger charge is 2.22. The van der Waals surface area contributed by atoms with Gasteiger partial charge in [-0.1, -0.05) is 31.2 Å². The Balaban J connectivity index is 2.00. The van der Waals surface area contributed by atoms with E-state index in [1.807, 2.05) is 24.3 Å². The van der Waals surface area contributed by atoms with Crippen molar-refractivity contribution in [2.75, 3.05) is 6.26 Å². The molecule has 0 aliphatic carbocycles. The molecule has 24 heavy (non-hydrogen) atoms. The first-order valence-electron chi connectivity index (χ1n) is 7.32. The normalized spacial score (nSPS) is 11.1. The average Bonchev–Trinajstić information content (AvgIpc) is 2.58. The summed E-state index contributed by atoms with van der Waals surface area (Å²) in [6.45, 7) is 2.43. The third kappa shape index (κ3) is 4.72. The van der Waals surface area contributed by atoms with Crippen molar-refractivity contribution in [3.8, 4) is 5.75 Å². The molecule has 0 fully saturated rings. The first-order chi connectivity index (χ1) is 11.3. The quantitative estimate of drug-likeness (QED) is 0.734. The maximum atomic E-state index is 11.9. The van der Waals surface area contributed by atoms with E-state index in [1.54, 1.807) is 12.1 Å². The molecule has 0 atom stereocenters. The van der Waals surface area contributed by atoms with Crippen LogP contribution in [0.25, 0.3) is 0 Å². The fourth-order valence-corrected chi connectivity index (χ4v) is 2.49. The molecule has 0 unspecified atom stereocenters. The Morgan fingerprint density at radius 3 is 2.08 bits per heavy atom. The molecule has 7 heteroatoms. The smallest absolute Gasteiger partial charge is 0.282 e. The van der Waals surface area contributed by atoms with Crippen LogP contribution < -0.4 is 4.74 Å². The molecule has 2 aromatic rings. The zero-order valence-corrected chi connectivity index (χ0v) is 15.0. The van der Waals surface area contributed by atoms with Crippen molar-refractivity contribution in [3.05, 3.63) is 65.2 Å². The van der Waals surface area contributed by atoms with Crippen LogP contribution in [0.15, 0.2) is 48.5 Å². The van der Waals surface area contributed by atoms with E-state index in [-0.39, 0.29) is 9.39 Å². The van der Waals surface area contributed by atoms with Gasteiger partial charge in [-0.3, -0.25) is 4.79 Å². The largest absolute Gasteiger partial charge is 0.489 e. The van der Waals surface area contributed by atoms with Gasteiger partial charge in [0.15, 0.2) is 0 Å². The van der Waals surface area contributed by atoms with Crippen molar-refractivity contribution in [2.45, 2.75) is 20.0 Å². The van der Waals surface area contributed by atoms with E-state index < -0.39 is 15.9 Å². The lowest BCUT2D eigenvalue weighted by Gasteiger charge is -2.11. The third-order valence-electron chi connectivity index (χ3n) is 3.39. The predicted octanol–water partition coefficient (Wildman–Crippen LogP) is 3.38. The number of hydrogen-bond donors (Lipinski definition) is 0. The van der Waals surface area contributed by atoms with Crippen molar-refractivity contribution in [1.82, 2.24) is 3.82 Å². The molecule has 0 saturated heterocycles. The van der Waals surface area contributed by atoms with Crippen molar-refractivity contribution in [2.24, 2.45) is 0 Å². The Morgan fingerprint density at radius 1 is 1.04 bits per heavy atom. The third-order valence-corrected chi connectivity index (χ3v) is 5.04. The molecule has 2 aromatic carbocycles. The standard InChI is InChI=1S/C17H18ClNO4S/c1-3-13-6-10-16(11-7-13)23-12-14-4-8-15(9-5-14)17(20)19(18)24(2,21)22/h4-11H,3,12H2,1-2H3. The zero-order valence-electron chi connectivity index (χ0n) is 13.4. The molecule has 128 valence electrons. The van der Waals surface area contributed by atoms with Crippen molar-refractivity contribution >= 4 is 27.7 Å². The minimum atomic E-state index is -3.79. The molecule has 0 aromatic heterocycles. The lowest BCUT2D eigenvalue weighted by Crippen LogP contribution is -2.27. The summed E-state index contributed by atoms with van der Waals surface area (Å²) in [5.41, 5.74) is 2.28. The van der Waals surface area contributed by atoms with Gasteiger partial charge in [0.2, 0.25) is 10.0 Å². The van der Waals surface area contributed by atoms with Crippen LogP contribution in [0.5, 0.6) is 5.75 Å². The minimum absolute atomic E-state index is 0.187. The zero-order chi connectivity index (χ0) is 17.7. The van der Waals surface area contributed by atoms with Gasteiger partial charge in [0, 0.05) is 17.3 Å². The summed E-state index contributed by atoms with van der Waals surface area (Å²) in [6.07, 6.45) is 1.84. The molecule has 0 spiro atoms. The summed E-state index contributed by atoms with van der Waals surface area (Å²) in [7, 11) is -3.79. The molecule has 0 saturated carbocycles. The lowest BCUT2D eigenvalue weighted by molar-refractivity contribution is 0.0923. The summed E-state index contributed by atoms with van der Waals surface area (Å²) in [6, 6.07) is 14.3. The van der Waals surface area contributed by atoms with Gasteiger partial charge in [0.05, 0.1) is 6.26 Å².